The van der Waals surface area contributed by atoms with Crippen molar-refractivity contribution in [1.29, 1.82) is 0 Å². The Bertz CT molecular complexity index is 1300. The van der Waals surface area contributed by atoms with Gasteiger partial charge in [0.05, 0.1) is 11.3 Å². The third kappa shape index (κ3) is 7.41. The molecule has 0 radical (unpaired) electrons. The highest BCUT2D eigenvalue weighted by Gasteiger charge is 2.19. The molecule has 8 nitrogen and oxygen atoms in total. The average molecular weight is 522 g/mol. The first kappa shape index (κ1) is 26.4. The minimum Gasteiger partial charge on any atom is -0.484 e. The van der Waals surface area contributed by atoms with Crippen LogP contribution in [-0.4, -0.2) is 44.8 Å². The molecule has 9 heteroatoms. The zero-order valence-corrected chi connectivity index (χ0v) is 21.5. The molecule has 194 valence electrons. The maximum atomic E-state index is 12.7. The van der Waals surface area contributed by atoms with Crippen molar-refractivity contribution < 1.29 is 22.7 Å². The minimum atomic E-state index is -3.72. The first-order valence-corrected chi connectivity index (χ1v) is 13.8. The molecule has 0 aliphatic carbocycles. The summed E-state index contributed by atoms with van der Waals surface area (Å²) in [7, 11) is -3.72. The standard InChI is InChI=1S/C28H31N3O5S/c1-21(23-7-3-2-4-8-23)30-37(34,35)26-15-13-25(14-16-26)36-20-27(32)29-24-11-9-22(10-12-24)19-28(33)31-17-5-6-18-31/h2-4,7-16,21,30H,5-6,17-20H2,1H3,(H,29,32). The van der Waals surface area contributed by atoms with Gasteiger partial charge in [0.1, 0.15) is 5.75 Å². The maximum absolute atomic E-state index is 12.7. The second kappa shape index (κ2) is 12.0. The lowest BCUT2D eigenvalue weighted by Gasteiger charge is -2.15. The van der Waals surface area contributed by atoms with E-state index in [1.54, 1.807) is 19.1 Å². The molecule has 37 heavy (non-hydrogen) atoms. The van der Waals surface area contributed by atoms with E-state index in [0.29, 0.717) is 17.9 Å². The SMILES string of the molecule is CC(NS(=O)(=O)c1ccc(OCC(=O)Nc2ccc(CC(=O)N3CCCC3)cc2)cc1)c1ccccc1. The molecule has 0 aromatic heterocycles. The number of hydrogen-bond donors (Lipinski definition) is 2. The molecule has 1 unspecified atom stereocenters. The summed E-state index contributed by atoms with van der Waals surface area (Å²) in [5.41, 5.74) is 2.36. The Balaban J connectivity index is 1.24. The lowest BCUT2D eigenvalue weighted by Crippen LogP contribution is -2.29. The maximum Gasteiger partial charge on any atom is 0.262 e. The summed E-state index contributed by atoms with van der Waals surface area (Å²) in [6.07, 6.45) is 2.48. The molecule has 2 amide bonds. The summed E-state index contributed by atoms with van der Waals surface area (Å²) >= 11 is 0. The molecule has 1 fully saturated rings. The molecule has 2 N–H and O–H groups in total. The molecule has 3 aromatic carbocycles. The Kier molecular flexibility index (Phi) is 8.58. The van der Waals surface area contributed by atoms with Gasteiger partial charge < -0.3 is 15.0 Å². The number of nitrogens with one attached hydrogen (secondary N) is 2. The predicted molar refractivity (Wildman–Crippen MR) is 142 cm³/mol. The van der Waals surface area contributed by atoms with E-state index in [9.17, 15) is 18.0 Å². The van der Waals surface area contributed by atoms with Crippen LogP contribution in [0.2, 0.25) is 0 Å². The molecule has 0 saturated carbocycles. The minimum absolute atomic E-state index is 0.107. The first-order chi connectivity index (χ1) is 17.8. The predicted octanol–water partition coefficient (Wildman–Crippen LogP) is 3.91. The molecule has 1 aliphatic rings. The van der Waals surface area contributed by atoms with E-state index in [-0.39, 0.29) is 29.4 Å². The van der Waals surface area contributed by atoms with Crippen LogP contribution in [0.15, 0.2) is 83.8 Å². The topological polar surface area (TPSA) is 105 Å². The largest absolute Gasteiger partial charge is 0.484 e. The highest BCUT2D eigenvalue weighted by atomic mass is 32.2. The second-order valence-corrected chi connectivity index (χ2v) is 10.7. The van der Waals surface area contributed by atoms with Crippen molar-refractivity contribution in [2.75, 3.05) is 25.0 Å². The van der Waals surface area contributed by atoms with Crippen LogP contribution in [-0.2, 0) is 26.0 Å². The van der Waals surface area contributed by atoms with Gasteiger partial charge in [0.2, 0.25) is 15.9 Å². The van der Waals surface area contributed by atoms with E-state index >= 15 is 0 Å². The van der Waals surface area contributed by atoms with Crippen LogP contribution in [0.1, 0.15) is 36.9 Å². The molecular formula is C28H31N3O5S. The lowest BCUT2D eigenvalue weighted by atomic mass is 10.1. The van der Waals surface area contributed by atoms with Crippen molar-refractivity contribution in [1.82, 2.24) is 9.62 Å². The van der Waals surface area contributed by atoms with Crippen LogP contribution >= 0.6 is 0 Å². The number of sulfonamides is 1. The van der Waals surface area contributed by atoms with Crippen LogP contribution in [0.4, 0.5) is 5.69 Å². The fraction of sp³-hybridized carbons (Fsp3) is 0.286. The molecule has 1 saturated heterocycles. The average Bonchev–Trinajstić information content (AvgIpc) is 3.45. The number of nitrogens with zero attached hydrogens (tertiary/aromatic N) is 1. The van der Waals surface area contributed by atoms with Crippen molar-refractivity contribution in [3.63, 3.8) is 0 Å². The van der Waals surface area contributed by atoms with Crippen molar-refractivity contribution in [2.45, 2.75) is 37.1 Å². The van der Waals surface area contributed by atoms with Gasteiger partial charge in [0, 0.05) is 24.8 Å². The van der Waals surface area contributed by atoms with E-state index in [1.165, 1.54) is 24.3 Å². The van der Waals surface area contributed by atoms with Crippen molar-refractivity contribution in [2.24, 2.45) is 0 Å². The first-order valence-electron chi connectivity index (χ1n) is 12.3. The van der Waals surface area contributed by atoms with Gasteiger partial charge in [-0.25, -0.2) is 13.1 Å². The molecule has 1 heterocycles. The van der Waals surface area contributed by atoms with Gasteiger partial charge in [-0.2, -0.15) is 0 Å². The van der Waals surface area contributed by atoms with E-state index in [4.69, 9.17) is 4.74 Å². The third-order valence-electron chi connectivity index (χ3n) is 6.19. The van der Waals surface area contributed by atoms with Gasteiger partial charge in [-0.1, -0.05) is 42.5 Å². The van der Waals surface area contributed by atoms with Crippen molar-refractivity contribution in [3.05, 3.63) is 90.0 Å². The van der Waals surface area contributed by atoms with Gasteiger partial charge in [-0.05, 0) is 67.3 Å². The lowest BCUT2D eigenvalue weighted by molar-refractivity contribution is -0.129. The van der Waals surface area contributed by atoms with Crippen LogP contribution < -0.4 is 14.8 Å². The number of carbonyl (C=O) groups excluding carboxylic acids is 2. The van der Waals surface area contributed by atoms with Gasteiger partial charge in [-0.15, -0.1) is 0 Å². The van der Waals surface area contributed by atoms with E-state index in [0.717, 1.165) is 37.1 Å². The summed E-state index contributed by atoms with van der Waals surface area (Å²) in [5.74, 6) is 0.153. The monoisotopic (exact) mass is 521 g/mol. The Morgan fingerprint density at radius 1 is 0.919 bits per heavy atom. The van der Waals surface area contributed by atoms with Crippen LogP contribution in [0.5, 0.6) is 5.75 Å². The normalized spacial score (nSPS) is 14.2. The third-order valence-corrected chi connectivity index (χ3v) is 7.74. The quantitative estimate of drug-likeness (QED) is 0.421. The number of amides is 2. The van der Waals surface area contributed by atoms with E-state index in [2.05, 4.69) is 10.0 Å². The Morgan fingerprint density at radius 2 is 1.57 bits per heavy atom. The molecule has 0 bridgehead atoms. The summed E-state index contributed by atoms with van der Waals surface area (Å²) in [5, 5.41) is 2.76. The number of ether oxygens (including phenoxy) is 1. The zero-order chi connectivity index (χ0) is 26.3. The molecular weight excluding hydrogens is 490 g/mol. The highest BCUT2D eigenvalue weighted by Crippen LogP contribution is 2.20. The summed E-state index contributed by atoms with van der Waals surface area (Å²) in [6, 6.07) is 22.0. The Labute approximate surface area is 217 Å². The fourth-order valence-electron chi connectivity index (χ4n) is 4.13. The van der Waals surface area contributed by atoms with Crippen molar-refractivity contribution >= 4 is 27.5 Å². The van der Waals surface area contributed by atoms with Crippen LogP contribution in [0.3, 0.4) is 0 Å². The van der Waals surface area contributed by atoms with Gasteiger partial charge in [0.15, 0.2) is 6.61 Å². The molecule has 1 atom stereocenters. The smallest absolute Gasteiger partial charge is 0.262 e. The summed E-state index contributed by atoms with van der Waals surface area (Å²) in [4.78, 5) is 26.6. The Hall–Kier alpha value is -3.69. The number of benzene rings is 3. The summed E-state index contributed by atoms with van der Waals surface area (Å²) < 4.78 is 33.6. The molecule has 3 aromatic rings. The van der Waals surface area contributed by atoms with Crippen LogP contribution in [0.25, 0.3) is 0 Å². The number of hydrogen-bond acceptors (Lipinski definition) is 5. The van der Waals surface area contributed by atoms with Gasteiger partial charge >= 0.3 is 0 Å². The number of carbonyl (C=O) groups is 2. The number of likely N-dealkylation sites (tertiary alicyclic amines) is 1. The number of rotatable bonds is 10. The van der Waals surface area contributed by atoms with Crippen molar-refractivity contribution in [3.8, 4) is 5.75 Å². The molecule has 1 aliphatic heterocycles. The molecule has 0 spiro atoms. The van der Waals surface area contributed by atoms with E-state index < -0.39 is 10.0 Å². The van der Waals surface area contributed by atoms with Gasteiger partial charge in [0.25, 0.3) is 5.91 Å². The fourth-order valence-corrected chi connectivity index (χ4v) is 5.36. The van der Waals surface area contributed by atoms with E-state index in [1.807, 2.05) is 47.4 Å². The van der Waals surface area contributed by atoms with Gasteiger partial charge in [-0.3, -0.25) is 9.59 Å². The zero-order valence-electron chi connectivity index (χ0n) is 20.7. The number of anilines is 1. The molecule has 4 rings (SSSR count). The van der Waals surface area contributed by atoms with Crippen LogP contribution in [0, 0.1) is 0 Å². The second-order valence-electron chi connectivity index (χ2n) is 9.02. The Morgan fingerprint density at radius 3 is 2.22 bits per heavy atom. The summed E-state index contributed by atoms with van der Waals surface area (Å²) in [6.45, 7) is 3.21. The highest BCUT2D eigenvalue weighted by molar-refractivity contribution is 7.89.